The highest BCUT2D eigenvalue weighted by Crippen LogP contribution is 2.60. The van der Waals surface area contributed by atoms with E-state index in [0.29, 0.717) is 11.2 Å². The molecule has 2 rings (SSSR count). The molecule has 2 saturated carbocycles. The normalized spacial score (nSPS) is 37.6. The summed E-state index contributed by atoms with van der Waals surface area (Å²) >= 11 is 0. The van der Waals surface area contributed by atoms with E-state index in [1.165, 1.54) is 25.7 Å². The van der Waals surface area contributed by atoms with Crippen LogP contribution in [0.15, 0.2) is 0 Å². The van der Waals surface area contributed by atoms with E-state index in [1.807, 2.05) is 0 Å². The van der Waals surface area contributed by atoms with Crippen LogP contribution in [0.3, 0.4) is 0 Å². The van der Waals surface area contributed by atoms with Crippen molar-refractivity contribution in [1.82, 2.24) is 0 Å². The second-order valence-corrected chi connectivity index (χ2v) is 6.79. The molecule has 0 aliphatic heterocycles. The summed E-state index contributed by atoms with van der Waals surface area (Å²) in [5, 5.41) is 0. The van der Waals surface area contributed by atoms with Gasteiger partial charge in [-0.05, 0) is 62.2 Å². The molecule has 0 N–H and O–H groups in total. The van der Waals surface area contributed by atoms with Crippen LogP contribution in [-0.2, 0) is 4.79 Å². The fraction of sp³-hybridized carbons (Fsp3) is 0.933. The summed E-state index contributed by atoms with van der Waals surface area (Å²) in [6, 6.07) is 0. The first-order chi connectivity index (χ1) is 7.43. The van der Waals surface area contributed by atoms with E-state index < -0.39 is 0 Å². The van der Waals surface area contributed by atoms with Gasteiger partial charge >= 0.3 is 0 Å². The molecule has 4 unspecified atom stereocenters. The van der Waals surface area contributed by atoms with Gasteiger partial charge in [-0.15, -0.1) is 0 Å². The van der Waals surface area contributed by atoms with Crippen LogP contribution in [0, 0.1) is 29.1 Å². The number of Topliss-reactive ketones (excluding diaryl/α,β-unsaturated/α-hetero) is 1. The molecule has 0 heterocycles. The first kappa shape index (κ1) is 12.1. The molecule has 0 saturated heterocycles. The van der Waals surface area contributed by atoms with Crippen LogP contribution in [0.25, 0.3) is 0 Å². The zero-order valence-electron chi connectivity index (χ0n) is 11.3. The van der Waals surface area contributed by atoms with E-state index in [-0.39, 0.29) is 5.92 Å². The van der Waals surface area contributed by atoms with Crippen LogP contribution in [0.5, 0.6) is 0 Å². The Morgan fingerprint density at radius 3 is 2.56 bits per heavy atom. The molecule has 0 aromatic rings. The minimum atomic E-state index is 0.273. The number of carbonyl (C=O) groups excluding carboxylic acids is 1. The SMILES string of the molecule is CC(=O)C(C)CCC1C2CCC(C2)C1(C)C. The Labute approximate surface area is 100.0 Å². The maximum Gasteiger partial charge on any atom is 0.132 e. The Bertz CT molecular complexity index is 279. The predicted molar refractivity (Wildman–Crippen MR) is 67.2 cm³/mol. The molecular weight excluding hydrogens is 196 g/mol. The van der Waals surface area contributed by atoms with Crippen molar-refractivity contribution in [2.24, 2.45) is 29.1 Å². The van der Waals surface area contributed by atoms with Crippen molar-refractivity contribution in [2.45, 2.75) is 59.8 Å². The maximum absolute atomic E-state index is 11.3. The molecule has 0 amide bonds. The molecule has 1 nitrogen and oxygen atoms in total. The molecule has 4 atom stereocenters. The van der Waals surface area contributed by atoms with Crippen molar-refractivity contribution in [2.75, 3.05) is 0 Å². The molecule has 0 radical (unpaired) electrons. The van der Waals surface area contributed by atoms with Crippen LogP contribution in [0.2, 0.25) is 0 Å². The van der Waals surface area contributed by atoms with Gasteiger partial charge in [0.15, 0.2) is 0 Å². The van der Waals surface area contributed by atoms with Crippen LogP contribution < -0.4 is 0 Å². The Morgan fingerprint density at radius 2 is 2.06 bits per heavy atom. The monoisotopic (exact) mass is 222 g/mol. The summed E-state index contributed by atoms with van der Waals surface area (Å²) in [6.07, 6.45) is 6.75. The van der Waals surface area contributed by atoms with E-state index >= 15 is 0 Å². The van der Waals surface area contributed by atoms with Gasteiger partial charge in [0.2, 0.25) is 0 Å². The molecule has 16 heavy (non-hydrogen) atoms. The summed E-state index contributed by atoms with van der Waals surface area (Å²) in [4.78, 5) is 11.3. The van der Waals surface area contributed by atoms with Crippen molar-refractivity contribution >= 4 is 5.78 Å². The van der Waals surface area contributed by atoms with Gasteiger partial charge in [0, 0.05) is 5.92 Å². The summed E-state index contributed by atoms with van der Waals surface area (Å²) in [6.45, 7) is 8.74. The quantitative estimate of drug-likeness (QED) is 0.701. The zero-order valence-corrected chi connectivity index (χ0v) is 11.3. The van der Waals surface area contributed by atoms with E-state index in [2.05, 4.69) is 20.8 Å². The highest BCUT2D eigenvalue weighted by Gasteiger charge is 2.51. The topological polar surface area (TPSA) is 17.1 Å². The van der Waals surface area contributed by atoms with Gasteiger partial charge in [-0.1, -0.05) is 20.8 Å². The third kappa shape index (κ3) is 1.94. The number of rotatable bonds is 4. The number of ketones is 1. The fourth-order valence-corrected chi connectivity index (χ4v) is 4.21. The zero-order chi connectivity index (χ0) is 11.9. The second kappa shape index (κ2) is 4.16. The molecule has 2 aliphatic carbocycles. The summed E-state index contributed by atoms with van der Waals surface area (Å²) in [7, 11) is 0. The second-order valence-electron chi connectivity index (χ2n) is 6.79. The summed E-state index contributed by atoms with van der Waals surface area (Å²) < 4.78 is 0. The Balaban J connectivity index is 1.93. The molecular formula is C15H26O. The minimum Gasteiger partial charge on any atom is -0.300 e. The van der Waals surface area contributed by atoms with E-state index in [0.717, 1.165) is 24.2 Å². The molecule has 1 heteroatoms. The van der Waals surface area contributed by atoms with Crippen molar-refractivity contribution < 1.29 is 4.79 Å². The Hall–Kier alpha value is -0.330. The summed E-state index contributed by atoms with van der Waals surface area (Å²) in [5.41, 5.74) is 0.541. The Kier molecular flexibility index (Phi) is 3.16. The van der Waals surface area contributed by atoms with Crippen molar-refractivity contribution in [3.8, 4) is 0 Å². The van der Waals surface area contributed by atoms with Gasteiger partial charge in [0.25, 0.3) is 0 Å². The standard InChI is InChI=1S/C15H26O/c1-10(11(2)16)5-8-14-12-6-7-13(9-12)15(14,3)4/h10,12-14H,5-9H2,1-4H3. The molecule has 2 aliphatic rings. The number of hydrogen-bond acceptors (Lipinski definition) is 1. The van der Waals surface area contributed by atoms with Crippen LogP contribution in [0.4, 0.5) is 0 Å². The first-order valence-corrected chi connectivity index (χ1v) is 6.93. The lowest BCUT2D eigenvalue weighted by Gasteiger charge is -2.38. The molecule has 2 fully saturated rings. The van der Waals surface area contributed by atoms with E-state index in [4.69, 9.17) is 0 Å². The molecule has 0 aromatic heterocycles. The van der Waals surface area contributed by atoms with Gasteiger partial charge in [0.05, 0.1) is 0 Å². The fourth-order valence-electron chi connectivity index (χ4n) is 4.21. The first-order valence-electron chi connectivity index (χ1n) is 6.93. The van der Waals surface area contributed by atoms with Crippen LogP contribution in [-0.4, -0.2) is 5.78 Å². The van der Waals surface area contributed by atoms with Crippen molar-refractivity contribution in [3.63, 3.8) is 0 Å². The molecule has 0 spiro atoms. The van der Waals surface area contributed by atoms with Gasteiger partial charge < -0.3 is 0 Å². The lowest BCUT2D eigenvalue weighted by Crippen LogP contribution is -2.31. The molecule has 2 bridgehead atoms. The lowest BCUT2D eigenvalue weighted by molar-refractivity contribution is -0.120. The van der Waals surface area contributed by atoms with Crippen molar-refractivity contribution in [3.05, 3.63) is 0 Å². The third-order valence-corrected chi connectivity index (χ3v) is 5.65. The van der Waals surface area contributed by atoms with Gasteiger partial charge in [-0.3, -0.25) is 4.79 Å². The predicted octanol–water partition coefficient (Wildman–Crippen LogP) is 4.06. The van der Waals surface area contributed by atoms with E-state index in [1.54, 1.807) is 6.92 Å². The van der Waals surface area contributed by atoms with E-state index in [9.17, 15) is 4.79 Å². The van der Waals surface area contributed by atoms with Gasteiger partial charge in [0.1, 0.15) is 5.78 Å². The Morgan fingerprint density at radius 1 is 1.38 bits per heavy atom. The molecule has 92 valence electrons. The number of hydrogen-bond donors (Lipinski definition) is 0. The minimum absolute atomic E-state index is 0.273. The molecule has 0 aromatic carbocycles. The third-order valence-electron chi connectivity index (χ3n) is 5.65. The number of fused-ring (bicyclic) bond motifs is 2. The highest BCUT2D eigenvalue weighted by atomic mass is 16.1. The largest absolute Gasteiger partial charge is 0.300 e. The summed E-state index contributed by atoms with van der Waals surface area (Å²) in [5.74, 6) is 3.46. The van der Waals surface area contributed by atoms with Crippen molar-refractivity contribution in [1.29, 1.82) is 0 Å². The maximum atomic E-state index is 11.3. The average Bonchev–Trinajstić information content (AvgIpc) is 2.73. The lowest BCUT2D eigenvalue weighted by atomic mass is 9.66. The number of carbonyl (C=O) groups is 1. The van der Waals surface area contributed by atoms with Crippen LogP contribution >= 0.6 is 0 Å². The van der Waals surface area contributed by atoms with Gasteiger partial charge in [-0.2, -0.15) is 0 Å². The average molecular weight is 222 g/mol. The highest BCUT2D eigenvalue weighted by molar-refractivity contribution is 5.77. The van der Waals surface area contributed by atoms with Gasteiger partial charge in [-0.25, -0.2) is 0 Å². The smallest absolute Gasteiger partial charge is 0.132 e. The van der Waals surface area contributed by atoms with Crippen LogP contribution in [0.1, 0.15) is 59.8 Å².